The van der Waals surface area contributed by atoms with Gasteiger partial charge in [0.15, 0.2) is 15.9 Å². The first kappa shape index (κ1) is 23.6. The van der Waals surface area contributed by atoms with Gasteiger partial charge in [-0.2, -0.15) is 0 Å². The second-order valence-electron chi connectivity index (χ2n) is 8.32. The molecule has 0 saturated carbocycles. The number of halogens is 1. The van der Waals surface area contributed by atoms with E-state index >= 15 is 0 Å². The Kier molecular flexibility index (Phi) is 7.32. The number of benzene rings is 2. The van der Waals surface area contributed by atoms with Gasteiger partial charge in [0.05, 0.1) is 11.5 Å². The Morgan fingerprint density at radius 2 is 1.74 bits per heavy atom. The van der Waals surface area contributed by atoms with Gasteiger partial charge in [-0.05, 0) is 68.0 Å². The van der Waals surface area contributed by atoms with Crippen LogP contribution in [-0.2, 0) is 27.6 Å². The van der Waals surface area contributed by atoms with Crippen LogP contribution in [0.4, 0.5) is 0 Å². The number of amides is 1. The molecule has 31 heavy (non-hydrogen) atoms. The van der Waals surface area contributed by atoms with Gasteiger partial charge >= 0.3 is 0 Å². The molecule has 2 aromatic carbocycles. The normalized spacial score (nSPS) is 18.5. The molecule has 0 N–H and O–H groups in total. The van der Waals surface area contributed by atoms with Crippen molar-refractivity contribution in [3.8, 4) is 5.75 Å². The zero-order valence-electron chi connectivity index (χ0n) is 18.5. The van der Waals surface area contributed by atoms with E-state index < -0.39 is 15.9 Å². The van der Waals surface area contributed by atoms with Crippen molar-refractivity contribution >= 4 is 27.3 Å². The van der Waals surface area contributed by atoms with Crippen LogP contribution < -0.4 is 4.74 Å². The molecule has 0 unspecified atom stereocenters. The number of hydrogen-bond donors (Lipinski definition) is 0. The van der Waals surface area contributed by atoms with Gasteiger partial charge in [0.1, 0.15) is 5.75 Å². The molecule has 2 atom stereocenters. The highest BCUT2D eigenvalue weighted by Gasteiger charge is 2.36. The van der Waals surface area contributed by atoms with Crippen molar-refractivity contribution in [2.45, 2.75) is 59.2 Å². The third-order valence-corrected chi connectivity index (χ3v) is 8.13. The number of aryl methyl sites for hydroxylation is 3. The van der Waals surface area contributed by atoms with E-state index in [1.165, 1.54) is 5.56 Å². The summed E-state index contributed by atoms with van der Waals surface area (Å²) in [7, 11) is -3.13. The first-order valence-corrected chi connectivity index (χ1v) is 12.8. The van der Waals surface area contributed by atoms with Gasteiger partial charge in [-0.1, -0.05) is 42.8 Å². The van der Waals surface area contributed by atoms with Crippen molar-refractivity contribution in [1.29, 1.82) is 0 Å². The molecule has 0 spiro atoms. The number of ether oxygens (including phenoxy) is 1. The van der Waals surface area contributed by atoms with Gasteiger partial charge in [-0.15, -0.1) is 0 Å². The summed E-state index contributed by atoms with van der Waals surface area (Å²) in [4.78, 5) is 15.1. The number of carbonyl (C=O) groups is 1. The number of sulfone groups is 1. The van der Waals surface area contributed by atoms with Crippen molar-refractivity contribution in [1.82, 2.24) is 4.90 Å². The standard InChI is InChI=1S/C24H30ClNO4S/c1-5-19-6-8-20(9-7-19)14-26(21-10-11-31(28,29)15-21)24(27)18(4)30-22-12-16(2)23(25)17(3)13-22/h6-9,12-13,18,21H,5,10-11,14-15H2,1-4H3/t18-,21-/m0/s1. The molecule has 2 aromatic rings. The second-order valence-corrected chi connectivity index (χ2v) is 10.9. The molecule has 1 aliphatic rings. The Bertz CT molecular complexity index is 1030. The summed E-state index contributed by atoms with van der Waals surface area (Å²) in [5.74, 6) is 0.470. The van der Waals surface area contributed by atoms with Crippen LogP contribution in [0.1, 0.15) is 42.5 Å². The maximum Gasteiger partial charge on any atom is 0.263 e. The molecular formula is C24H30ClNO4S. The van der Waals surface area contributed by atoms with Crippen molar-refractivity contribution in [3.05, 3.63) is 63.7 Å². The maximum atomic E-state index is 13.4. The van der Waals surface area contributed by atoms with Crippen molar-refractivity contribution in [2.24, 2.45) is 0 Å². The lowest BCUT2D eigenvalue weighted by Gasteiger charge is -2.31. The van der Waals surface area contributed by atoms with E-state index in [9.17, 15) is 13.2 Å². The highest BCUT2D eigenvalue weighted by atomic mass is 35.5. The summed E-state index contributed by atoms with van der Waals surface area (Å²) in [6.45, 7) is 7.94. The van der Waals surface area contributed by atoms with Crippen molar-refractivity contribution in [3.63, 3.8) is 0 Å². The van der Waals surface area contributed by atoms with E-state index in [2.05, 4.69) is 6.92 Å². The molecule has 1 amide bonds. The molecule has 1 fully saturated rings. The molecule has 1 aliphatic heterocycles. The monoisotopic (exact) mass is 463 g/mol. The third-order valence-electron chi connectivity index (χ3n) is 5.79. The van der Waals surface area contributed by atoms with Crippen molar-refractivity contribution < 1.29 is 17.9 Å². The Labute approximate surface area is 190 Å². The van der Waals surface area contributed by atoms with Crippen LogP contribution >= 0.6 is 11.6 Å². The van der Waals surface area contributed by atoms with E-state index in [1.54, 1.807) is 11.8 Å². The number of nitrogens with zero attached hydrogens (tertiary/aromatic N) is 1. The quantitative estimate of drug-likeness (QED) is 0.606. The summed E-state index contributed by atoms with van der Waals surface area (Å²) >= 11 is 6.24. The molecular weight excluding hydrogens is 434 g/mol. The van der Waals surface area contributed by atoms with Gasteiger partial charge in [0.25, 0.3) is 5.91 Å². The van der Waals surface area contributed by atoms with Crippen molar-refractivity contribution in [2.75, 3.05) is 11.5 Å². The summed E-state index contributed by atoms with van der Waals surface area (Å²) in [5.41, 5.74) is 3.95. The van der Waals surface area contributed by atoms with Crippen LogP contribution in [0, 0.1) is 13.8 Å². The summed E-state index contributed by atoms with van der Waals surface area (Å²) in [6.07, 6.45) is 0.639. The fourth-order valence-corrected chi connectivity index (χ4v) is 5.79. The Balaban J connectivity index is 1.82. The smallest absolute Gasteiger partial charge is 0.263 e. The minimum atomic E-state index is -3.13. The molecule has 1 saturated heterocycles. The molecule has 5 nitrogen and oxygen atoms in total. The average Bonchev–Trinajstić information content (AvgIpc) is 3.09. The average molecular weight is 464 g/mol. The topological polar surface area (TPSA) is 63.7 Å². The lowest BCUT2D eigenvalue weighted by molar-refractivity contribution is -0.140. The van der Waals surface area contributed by atoms with E-state index in [0.29, 0.717) is 23.7 Å². The lowest BCUT2D eigenvalue weighted by atomic mass is 10.1. The molecule has 0 bridgehead atoms. The van der Waals surface area contributed by atoms with Crippen LogP contribution in [-0.4, -0.2) is 42.9 Å². The largest absolute Gasteiger partial charge is 0.481 e. The second kappa shape index (κ2) is 9.61. The van der Waals surface area contributed by atoms with Crippen LogP contribution in [0.2, 0.25) is 5.02 Å². The minimum absolute atomic E-state index is 0.00232. The zero-order chi connectivity index (χ0) is 22.8. The van der Waals surface area contributed by atoms with E-state index in [0.717, 1.165) is 23.1 Å². The summed E-state index contributed by atoms with van der Waals surface area (Å²) in [5, 5.41) is 0.680. The summed E-state index contributed by atoms with van der Waals surface area (Å²) < 4.78 is 30.1. The fraction of sp³-hybridized carbons (Fsp3) is 0.458. The Hall–Kier alpha value is -2.05. The highest BCUT2D eigenvalue weighted by molar-refractivity contribution is 7.91. The minimum Gasteiger partial charge on any atom is -0.481 e. The van der Waals surface area contributed by atoms with Gasteiger partial charge in [0, 0.05) is 17.6 Å². The summed E-state index contributed by atoms with van der Waals surface area (Å²) in [6, 6.07) is 11.4. The molecule has 7 heteroatoms. The fourth-order valence-electron chi connectivity index (χ4n) is 3.95. The first-order valence-electron chi connectivity index (χ1n) is 10.6. The Morgan fingerprint density at radius 3 is 2.26 bits per heavy atom. The third kappa shape index (κ3) is 5.80. The maximum absolute atomic E-state index is 13.4. The highest BCUT2D eigenvalue weighted by Crippen LogP contribution is 2.27. The molecule has 168 valence electrons. The van der Waals surface area contributed by atoms with Gasteiger partial charge in [-0.25, -0.2) is 8.42 Å². The molecule has 0 aliphatic carbocycles. The Morgan fingerprint density at radius 1 is 1.16 bits per heavy atom. The van der Waals surface area contributed by atoms with E-state index in [-0.39, 0.29) is 23.5 Å². The predicted molar refractivity (Wildman–Crippen MR) is 124 cm³/mol. The lowest BCUT2D eigenvalue weighted by Crippen LogP contribution is -2.46. The van der Waals surface area contributed by atoms with Crippen LogP contribution in [0.25, 0.3) is 0 Å². The van der Waals surface area contributed by atoms with E-state index in [1.807, 2.05) is 50.2 Å². The van der Waals surface area contributed by atoms with Crippen LogP contribution in [0.3, 0.4) is 0 Å². The van der Waals surface area contributed by atoms with Gasteiger partial charge in [-0.3, -0.25) is 4.79 Å². The SMILES string of the molecule is CCc1ccc(CN(C(=O)[C@H](C)Oc2cc(C)c(Cl)c(C)c2)[C@H]2CCS(=O)(=O)C2)cc1. The first-order chi connectivity index (χ1) is 14.6. The van der Waals surface area contributed by atoms with Crippen LogP contribution in [0.15, 0.2) is 36.4 Å². The van der Waals surface area contributed by atoms with Gasteiger partial charge in [0.2, 0.25) is 0 Å². The molecule has 0 aromatic heterocycles. The predicted octanol–water partition coefficient (Wildman–Crippen LogP) is 4.50. The number of hydrogen-bond acceptors (Lipinski definition) is 4. The van der Waals surface area contributed by atoms with Crippen LogP contribution in [0.5, 0.6) is 5.75 Å². The molecule has 3 rings (SSSR count). The number of carbonyl (C=O) groups excluding carboxylic acids is 1. The van der Waals surface area contributed by atoms with Gasteiger partial charge < -0.3 is 9.64 Å². The molecule has 0 radical (unpaired) electrons. The molecule has 1 heterocycles. The van der Waals surface area contributed by atoms with E-state index in [4.69, 9.17) is 16.3 Å². The number of rotatable bonds is 7. The zero-order valence-corrected chi connectivity index (χ0v) is 20.1.